The molecule has 0 aromatic carbocycles. The Morgan fingerprint density at radius 3 is 2.72 bits per heavy atom. The van der Waals surface area contributed by atoms with Gasteiger partial charge < -0.3 is 10.2 Å². The molecule has 0 radical (unpaired) electrons. The van der Waals surface area contributed by atoms with Crippen molar-refractivity contribution in [3.05, 3.63) is 35.6 Å². The minimum absolute atomic E-state index is 0.0429. The summed E-state index contributed by atoms with van der Waals surface area (Å²) < 4.78 is 0. The Labute approximate surface area is 151 Å². The van der Waals surface area contributed by atoms with E-state index in [4.69, 9.17) is 0 Å². The van der Waals surface area contributed by atoms with Crippen LogP contribution in [0.5, 0.6) is 0 Å². The van der Waals surface area contributed by atoms with Crippen molar-refractivity contribution in [3.63, 3.8) is 0 Å². The standard InChI is InChI=1S/C18H22N4O2S/c1-18(2,3)22-10-13(8-15(22)23)16(24)20-9-14-11-25-17(21-14)12-4-6-19-7-5-12/h4-7,11,13H,8-10H2,1-3H3,(H,20,24). The first kappa shape index (κ1) is 17.5. The molecule has 1 atom stereocenters. The third kappa shape index (κ3) is 4.04. The van der Waals surface area contributed by atoms with E-state index in [0.29, 0.717) is 13.1 Å². The van der Waals surface area contributed by atoms with Crippen LogP contribution in [-0.4, -0.2) is 38.8 Å². The highest BCUT2D eigenvalue weighted by Gasteiger charge is 2.39. The molecule has 2 aromatic heterocycles. The molecule has 6 nitrogen and oxygen atoms in total. The summed E-state index contributed by atoms with van der Waals surface area (Å²) in [6.07, 6.45) is 3.74. The number of aromatic nitrogens is 2. The molecule has 0 bridgehead atoms. The number of thiazole rings is 1. The molecule has 1 saturated heterocycles. The Hall–Kier alpha value is -2.28. The lowest BCUT2D eigenvalue weighted by atomic mass is 10.1. The highest BCUT2D eigenvalue weighted by Crippen LogP contribution is 2.26. The molecule has 7 heteroatoms. The normalized spacial score (nSPS) is 17.8. The average molecular weight is 358 g/mol. The maximum absolute atomic E-state index is 12.4. The van der Waals surface area contributed by atoms with Crippen molar-refractivity contribution < 1.29 is 9.59 Å². The van der Waals surface area contributed by atoms with E-state index >= 15 is 0 Å². The number of carbonyl (C=O) groups excluding carboxylic acids is 2. The topological polar surface area (TPSA) is 75.2 Å². The number of hydrogen-bond acceptors (Lipinski definition) is 5. The van der Waals surface area contributed by atoms with E-state index in [1.165, 1.54) is 11.3 Å². The molecule has 132 valence electrons. The number of nitrogens with zero attached hydrogens (tertiary/aromatic N) is 3. The summed E-state index contributed by atoms with van der Waals surface area (Å²) in [7, 11) is 0. The van der Waals surface area contributed by atoms with Crippen molar-refractivity contribution in [1.29, 1.82) is 0 Å². The molecular weight excluding hydrogens is 336 g/mol. The van der Waals surface area contributed by atoms with Gasteiger partial charge in [-0.25, -0.2) is 4.98 Å². The van der Waals surface area contributed by atoms with Crippen LogP contribution < -0.4 is 5.32 Å². The molecule has 2 aromatic rings. The number of carbonyl (C=O) groups is 2. The fourth-order valence-electron chi connectivity index (χ4n) is 2.87. The van der Waals surface area contributed by atoms with Crippen LogP contribution in [0.15, 0.2) is 29.9 Å². The van der Waals surface area contributed by atoms with Crippen LogP contribution >= 0.6 is 11.3 Å². The molecule has 25 heavy (non-hydrogen) atoms. The summed E-state index contributed by atoms with van der Waals surface area (Å²) >= 11 is 1.54. The second-order valence-corrected chi connectivity index (χ2v) is 8.03. The first-order valence-electron chi connectivity index (χ1n) is 8.27. The minimum Gasteiger partial charge on any atom is -0.350 e. The summed E-state index contributed by atoms with van der Waals surface area (Å²) in [5.74, 6) is -0.329. The van der Waals surface area contributed by atoms with Gasteiger partial charge in [0.05, 0.1) is 18.2 Å². The number of rotatable bonds is 4. The number of nitrogens with one attached hydrogen (secondary N) is 1. The lowest BCUT2D eigenvalue weighted by Gasteiger charge is -2.31. The molecule has 0 spiro atoms. The second kappa shape index (κ2) is 6.92. The Morgan fingerprint density at radius 2 is 2.08 bits per heavy atom. The highest BCUT2D eigenvalue weighted by atomic mass is 32.1. The summed E-state index contributed by atoms with van der Waals surface area (Å²) in [6.45, 7) is 6.82. The first-order valence-corrected chi connectivity index (χ1v) is 9.15. The van der Waals surface area contributed by atoms with E-state index < -0.39 is 0 Å². The Morgan fingerprint density at radius 1 is 1.36 bits per heavy atom. The van der Waals surface area contributed by atoms with Gasteiger partial charge in [0.25, 0.3) is 0 Å². The van der Waals surface area contributed by atoms with Crippen molar-refractivity contribution in [3.8, 4) is 10.6 Å². The zero-order valence-electron chi connectivity index (χ0n) is 14.7. The predicted octanol–water partition coefficient (Wildman–Crippen LogP) is 2.47. The highest BCUT2D eigenvalue weighted by molar-refractivity contribution is 7.13. The SMILES string of the molecule is CC(C)(C)N1CC(C(=O)NCc2csc(-c3ccncc3)n2)CC1=O. The maximum Gasteiger partial charge on any atom is 0.225 e. The van der Waals surface area contributed by atoms with Gasteiger partial charge in [0.2, 0.25) is 11.8 Å². The molecular formula is C18H22N4O2S. The molecule has 0 saturated carbocycles. The zero-order chi connectivity index (χ0) is 18.0. The number of likely N-dealkylation sites (tertiary alicyclic amines) is 1. The molecule has 1 unspecified atom stereocenters. The van der Waals surface area contributed by atoms with Crippen LogP contribution in [0.4, 0.5) is 0 Å². The van der Waals surface area contributed by atoms with E-state index in [1.54, 1.807) is 17.3 Å². The molecule has 0 aliphatic carbocycles. The van der Waals surface area contributed by atoms with Gasteiger partial charge in [-0.05, 0) is 32.9 Å². The minimum atomic E-state index is -0.287. The van der Waals surface area contributed by atoms with E-state index in [2.05, 4.69) is 15.3 Å². The Kier molecular flexibility index (Phi) is 4.85. The van der Waals surface area contributed by atoms with Gasteiger partial charge in [0, 0.05) is 41.8 Å². The Bertz CT molecular complexity index is 767. The molecule has 1 N–H and O–H groups in total. The van der Waals surface area contributed by atoms with Crippen molar-refractivity contribution in [2.45, 2.75) is 39.3 Å². The van der Waals surface area contributed by atoms with Gasteiger partial charge in [-0.1, -0.05) is 0 Å². The molecule has 1 aliphatic heterocycles. The van der Waals surface area contributed by atoms with Crippen LogP contribution in [0, 0.1) is 5.92 Å². The fraction of sp³-hybridized carbons (Fsp3) is 0.444. The lowest BCUT2D eigenvalue weighted by molar-refractivity contribution is -0.132. The van der Waals surface area contributed by atoms with Gasteiger partial charge in [0.1, 0.15) is 5.01 Å². The zero-order valence-corrected chi connectivity index (χ0v) is 15.5. The third-order valence-corrected chi connectivity index (χ3v) is 5.17. The smallest absolute Gasteiger partial charge is 0.225 e. The van der Waals surface area contributed by atoms with E-state index in [1.807, 2.05) is 38.3 Å². The monoisotopic (exact) mass is 358 g/mol. The number of amides is 2. The summed E-state index contributed by atoms with van der Waals surface area (Å²) in [5.41, 5.74) is 1.59. The van der Waals surface area contributed by atoms with Gasteiger partial charge in [0.15, 0.2) is 0 Å². The van der Waals surface area contributed by atoms with Crippen molar-refractivity contribution in [2.24, 2.45) is 5.92 Å². The molecule has 3 rings (SSSR count). The molecule has 2 amide bonds. The van der Waals surface area contributed by atoms with Crippen LogP contribution in [0.3, 0.4) is 0 Å². The van der Waals surface area contributed by atoms with Gasteiger partial charge >= 0.3 is 0 Å². The largest absolute Gasteiger partial charge is 0.350 e. The van der Waals surface area contributed by atoms with Gasteiger partial charge in [-0.2, -0.15) is 0 Å². The Balaban J connectivity index is 1.57. The van der Waals surface area contributed by atoms with Crippen molar-refractivity contribution >= 4 is 23.2 Å². The van der Waals surface area contributed by atoms with Gasteiger partial charge in [-0.15, -0.1) is 11.3 Å². The van der Waals surface area contributed by atoms with Crippen molar-refractivity contribution in [1.82, 2.24) is 20.2 Å². The van der Waals surface area contributed by atoms with Crippen molar-refractivity contribution in [2.75, 3.05) is 6.54 Å². The average Bonchev–Trinajstić information content (AvgIpc) is 3.20. The molecule has 1 fully saturated rings. The fourth-order valence-corrected chi connectivity index (χ4v) is 3.69. The van der Waals surface area contributed by atoms with Crippen LogP contribution in [0.1, 0.15) is 32.9 Å². The summed E-state index contributed by atoms with van der Waals surface area (Å²) in [5, 5.41) is 5.76. The predicted molar refractivity (Wildman–Crippen MR) is 96.8 cm³/mol. The van der Waals surface area contributed by atoms with E-state index in [0.717, 1.165) is 16.3 Å². The first-order chi connectivity index (χ1) is 11.8. The van der Waals surface area contributed by atoms with E-state index in [-0.39, 0.29) is 29.7 Å². The molecule has 1 aliphatic rings. The lowest BCUT2D eigenvalue weighted by Crippen LogP contribution is -2.43. The third-order valence-electron chi connectivity index (χ3n) is 4.23. The van der Waals surface area contributed by atoms with Crippen LogP contribution in [0.25, 0.3) is 10.6 Å². The second-order valence-electron chi connectivity index (χ2n) is 7.17. The van der Waals surface area contributed by atoms with Crippen LogP contribution in [0.2, 0.25) is 0 Å². The summed E-state index contributed by atoms with van der Waals surface area (Å²) in [4.78, 5) is 34.8. The number of pyridine rings is 1. The quantitative estimate of drug-likeness (QED) is 0.911. The molecule has 3 heterocycles. The van der Waals surface area contributed by atoms with Crippen LogP contribution in [-0.2, 0) is 16.1 Å². The van der Waals surface area contributed by atoms with Gasteiger partial charge in [-0.3, -0.25) is 14.6 Å². The number of hydrogen-bond donors (Lipinski definition) is 1. The van der Waals surface area contributed by atoms with E-state index in [9.17, 15) is 9.59 Å². The summed E-state index contributed by atoms with van der Waals surface area (Å²) in [6, 6.07) is 3.82. The maximum atomic E-state index is 12.4.